The molecule has 4 nitrogen and oxygen atoms in total. The van der Waals surface area contributed by atoms with Gasteiger partial charge in [0.1, 0.15) is 13.2 Å². The molecule has 1 N–H and O–H groups in total. The smallest absolute Gasteiger partial charge is 0.330 e. The molecule has 0 atom stereocenters. The van der Waals surface area contributed by atoms with Gasteiger partial charge in [-0.2, -0.15) is 8.78 Å². The minimum atomic E-state index is -4.24. The van der Waals surface area contributed by atoms with Crippen LogP contribution in [0.3, 0.4) is 0 Å². The van der Waals surface area contributed by atoms with Crippen molar-refractivity contribution >= 4 is 17.2 Å². The second-order valence-electron chi connectivity index (χ2n) is 3.63. The fourth-order valence-electron chi connectivity index (χ4n) is 1.08. The molecule has 1 amide bonds. The highest BCUT2D eigenvalue weighted by Crippen LogP contribution is 2.22. The van der Waals surface area contributed by atoms with Crippen molar-refractivity contribution in [1.82, 2.24) is 10.3 Å². The van der Waals surface area contributed by atoms with Gasteiger partial charge in [-0.15, -0.1) is 11.3 Å². The van der Waals surface area contributed by atoms with Crippen LogP contribution in [0.1, 0.15) is 5.69 Å². The van der Waals surface area contributed by atoms with E-state index in [1.165, 1.54) is 11.3 Å². The highest BCUT2D eigenvalue weighted by molar-refractivity contribution is 7.07. The predicted octanol–water partition coefficient (Wildman–Crippen LogP) is 1.72. The van der Waals surface area contributed by atoms with Gasteiger partial charge in [0.2, 0.25) is 5.91 Å². The Kier molecular flexibility index (Phi) is 6.16. The molecule has 0 saturated carbocycles. The Morgan fingerprint density at radius 2 is 2.26 bits per heavy atom. The molecule has 1 heterocycles. The highest BCUT2D eigenvalue weighted by Gasteiger charge is 2.41. The number of aromatic nitrogens is 1. The maximum atomic E-state index is 12.4. The van der Waals surface area contributed by atoms with E-state index in [9.17, 15) is 22.4 Å². The summed E-state index contributed by atoms with van der Waals surface area (Å²) < 4.78 is 52.6. The van der Waals surface area contributed by atoms with Gasteiger partial charge < -0.3 is 10.1 Å². The molecule has 0 aromatic carbocycles. The third-order valence-corrected chi connectivity index (χ3v) is 2.67. The van der Waals surface area contributed by atoms with Gasteiger partial charge in [0, 0.05) is 18.3 Å². The molecule has 1 aromatic rings. The quantitative estimate of drug-likeness (QED) is 0.744. The SMILES string of the molecule is O=C(COCC(F)(F)C(F)F)NCCc1cscn1. The van der Waals surface area contributed by atoms with Crippen LogP contribution in [0.4, 0.5) is 17.6 Å². The van der Waals surface area contributed by atoms with Crippen LogP contribution in [0.2, 0.25) is 0 Å². The largest absolute Gasteiger partial charge is 0.365 e. The molecule has 0 aliphatic carbocycles. The fourth-order valence-corrected chi connectivity index (χ4v) is 1.68. The number of hydrogen-bond acceptors (Lipinski definition) is 4. The molecule has 0 bridgehead atoms. The lowest BCUT2D eigenvalue weighted by atomic mass is 10.3. The molecule has 1 rings (SSSR count). The molecule has 0 spiro atoms. The molecule has 0 unspecified atom stereocenters. The number of thiazole rings is 1. The number of carbonyl (C=O) groups is 1. The summed E-state index contributed by atoms with van der Waals surface area (Å²) in [6.07, 6.45) is -3.30. The average molecular weight is 300 g/mol. The van der Waals surface area contributed by atoms with Crippen LogP contribution < -0.4 is 5.32 Å². The van der Waals surface area contributed by atoms with Gasteiger partial charge in [0.25, 0.3) is 0 Å². The van der Waals surface area contributed by atoms with Gasteiger partial charge in [-0.3, -0.25) is 4.79 Å². The monoisotopic (exact) mass is 300 g/mol. The van der Waals surface area contributed by atoms with E-state index in [2.05, 4.69) is 15.0 Å². The first-order valence-electron chi connectivity index (χ1n) is 5.29. The van der Waals surface area contributed by atoms with Crippen LogP contribution in [0.5, 0.6) is 0 Å². The van der Waals surface area contributed by atoms with Crippen molar-refractivity contribution in [2.24, 2.45) is 0 Å². The minimum Gasteiger partial charge on any atom is -0.365 e. The van der Waals surface area contributed by atoms with Crippen molar-refractivity contribution in [2.75, 3.05) is 19.8 Å². The van der Waals surface area contributed by atoms with Gasteiger partial charge >= 0.3 is 12.3 Å². The van der Waals surface area contributed by atoms with Crippen molar-refractivity contribution in [2.45, 2.75) is 18.8 Å². The van der Waals surface area contributed by atoms with E-state index in [0.717, 1.165) is 5.69 Å². The van der Waals surface area contributed by atoms with Gasteiger partial charge in [0.15, 0.2) is 0 Å². The molecular formula is C10H12F4N2O2S. The van der Waals surface area contributed by atoms with Gasteiger partial charge in [-0.25, -0.2) is 13.8 Å². The fraction of sp³-hybridized carbons (Fsp3) is 0.600. The number of hydrogen-bond donors (Lipinski definition) is 1. The predicted molar refractivity (Wildman–Crippen MR) is 60.6 cm³/mol. The van der Waals surface area contributed by atoms with Gasteiger partial charge in [0.05, 0.1) is 11.2 Å². The maximum Gasteiger partial charge on any atom is 0.330 e. The van der Waals surface area contributed by atoms with Crippen molar-refractivity contribution in [1.29, 1.82) is 0 Å². The Bertz CT molecular complexity index is 387. The maximum absolute atomic E-state index is 12.4. The molecule has 0 aliphatic heterocycles. The van der Waals surface area contributed by atoms with Crippen LogP contribution in [0.25, 0.3) is 0 Å². The Balaban J connectivity index is 2.11. The number of amides is 1. The number of nitrogens with one attached hydrogen (secondary N) is 1. The summed E-state index contributed by atoms with van der Waals surface area (Å²) in [6.45, 7) is -1.89. The van der Waals surface area contributed by atoms with Crippen LogP contribution in [-0.4, -0.2) is 43.0 Å². The highest BCUT2D eigenvalue weighted by atomic mass is 32.1. The van der Waals surface area contributed by atoms with E-state index in [0.29, 0.717) is 6.42 Å². The summed E-state index contributed by atoms with van der Waals surface area (Å²) in [5, 5.41) is 4.22. The second-order valence-corrected chi connectivity index (χ2v) is 4.35. The van der Waals surface area contributed by atoms with Crippen molar-refractivity contribution < 1.29 is 27.1 Å². The minimum absolute atomic E-state index is 0.275. The number of halogens is 4. The molecular weight excluding hydrogens is 288 g/mol. The lowest BCUT2D eigenvalue weighted by Crippen LogP contribution is -2.35. The van der Waals surface area contributed by atoms with E-state index < -0.39 is 31.5 Å². The summed E-state index contributed by atoms with van der Waals surface area (Å²) in [5.74, 6) is -4.87. The van der Waals surface area contributed by atoms with E-state index in [1.54, 1.807) is 5.51 Å². The normalized spacial score (nSPS) is 11.8. The van der Waals surface area contributed by atoms with Crippen LogP contribution in [0, 0.1) is 0 Å². The summed E-state index contributed by atoms with van der Waals surface area (Å²) in [7, 11) is 0. The molecule has 0 aliphatic rings. The van der Waals surface area contributed by atoms with Gasteiger partial charge in [-0.05, 0) is 0 Å². The Morgan fingerprint density at radius 3 is 2.84 bits per heavy atom. The lowest BCUT2D eigenvalue weighted by molar-refractivity contribution is -0.168. The number of nitrogens with zero attached hydrogens (tertiary/aromatic N) is 1. The zero-order valence-electron chi connectivity index (χ0n) is 9.74. The Labute approximate surface area is 110 Å². The molecule has 0 fully saturated rings. The third kappa shape index (κ3) is 5.97. The van der Waals surface area contributed by atoms with Crippen LogP contribution in [0.15, 0.2) is 10.9 Å². The molecule has 0 saturated heterocycles. The van der Waals surface area contributed by atoms with E-state index >= 15 is 0 Å². The molecule has 108 valence electrons. The van der Waals surface area contributed by atoms with Gasteiger partial charge in [-0.1, -0.05) is 0 Å². The van der Waals surface area contributed by atoms with Crippen LogP contribution in [-0.2, 0) is 16.0 Å². The first-order valence-corrected chi connectivity index (χ1v) is 6.23. The third-order valence-electron chi connectivity index (χ3n) is 2.03. The first-order chi connectivity index (χ1) is 8.92. The standard InChI is InChI=1S/C10H12F4N2O2S/c11-9(12)10(13,14)5-18-3-8(17)15-2-1-7-4-19-6-16-7/h4,6,9H,1-3,5H2,(H,15,17). The number of alkyl halides is 4. The number of carbonyl (C=O) groups excluding carboxylic acids is 1. The molecule has 19 heavy (non-hydrogen) atoms. The molecule has 0 radical (unpaired) electrons. The van der Waals surface area contributed by atoms with Crippen molar-refractivity contribution in [3.8, 4) is 0 Å². The zero-order chi connectivity index (χ0) is 14.3. The Hall–Kier alpha value is -1.22. The first kappa shape index (κ1) is 15.8. The Morgan fingerprint density at radius 1 is 1.53 bits per heavy atom. The average Bonchev–Trinajstić information content (AvgIpc) is 2.81. The summed E-state index contributed by atoms with van der Waals surface area (Å²) in [5.41, 5.74) is 2.45. The van der Waals surface area contributed by atoms with E-state index in [1.807, 2.05) is 5.38 Å². The van der Waals surface area contributed by atoms with Crippen LogP contribution >= 0.6 is 11.3 Å². The molecule has 9 heteroatoms. The van der Waals surface area contributed by atoms with E-state index in [-0.39, 0.29) is 6.54 Å². The number of rotatable bonds is 8. The summed E-state index contributed by atoms with van der Waals surface area (Å²) in [4.78, 5) is 15.1. The second kappa shape index (κ2) is 7.39. The summed E-state index contributed by atoms with van der Waals surface area (Å²) in [6, 6.07) is 0. The number of ether oxygens (including phenoxy) is 1. The zero-order valence-corrected chi connectivity index (χ0v) is 10.6. The summed E-state index contributed by atoms with van der Waals surface area (Å²) >= 11 is 1.41. The van der Waals surface area contributed by atoms with Crippen molar-refractivity contribution in [3.63, 3.8) is 0 Å². The topological polar surface area (TPSA) is 51.2 Å². The van der Waals surface area contributed by atoms with E-state index in [4.69, 9.17) is 0 Å². The van der Waals surface area contributed by atoms with Crippen molar-refractivity contribution in [3.05, 3.63) is 16.6 Å². The lowest BCUT2D eigenvalue weighted by Gasteiger charge is -2.14. The molecule has 1 aromatic heterocycles.